The van der Waals surface area contributed by atoms with Crippen LogP contribution >= 0.6 is 15.9 Å². The van der Waals surface area contributed by atoms with E-state index in [1.807, 2.05) is 43.3 Å². The molecule has 96 valence electrons. The number of pyridine rings is 3. The monoisotopic (exact) mass is 323 g/mol. The summed E-state index contributed by atoms with van der Waals surface area (Å²) in [6.45, 7) is 1.95. The summed E-state index contributed by atoms with van der Waals surface area (Å²) in [7, 11) is 0. The number of rotatable bonds is 0. The van der Waals surface area contributed by atoms with Gasteiger partial charge in [0, 0.05) is 16.4 Å². The van der Waals surface area contributed by atoms with Crippen molar-refractivity contribution in [1.29, 1.82) is 0 Å². The van der Waals surface area contributed by atoms with E-state index in [9.17, 15) is 0 Å². The van der Waals surface area contributed by atoms with Gasteiger partial charge in [-0.05, 0) is 65.0 Å². The van der Waals surface area contributed by atoms with Crippen molar-refractivity contribution in [2.24, 2.45) is 0 Å². The van der Waals surface area contributed by atoms with Gasteiger partial charge >= 0.3 is 0 Å². The molecule has 3 aromatic rings. The summed E-state index contributed by atoms with van der Waals surface area (Å²) in [4.78, 5) is 13.1. The van der Waals surface area contributed by atoms with E-state index in [0.717, 1.165) is 26.9 Å². The third kappa shape index (κ3) is 2.84. The lowest BCUT2D eigenvalue weighted by Gasteiger charge is -1.97. The Morgan fingerprint density at radius 1 is 0.950 bits per heavy atom. The fourth-order valence-corrected chi connectivity index (χ4v) is 2.11. The summed E-state index contributed by atoms with van der Waals surface area (Å²) in [5.74, 6) is 6.06. The van der Waals surface area contributed by atoms with Crippen molar-refractivity contribution in [2.75, 3.05) is 0 Å². The highest BCUT2D eigenvalue weighted by Crippen LogP contribution is 2.15. The number of nitrogens with zero attached hydrogens (tertiary/aromatic N) is 3. The normalized spacial score (nSPS) is 10.1. The molecule has 0 N–H and O–H groups in total. The zero-order chi connectivity index (χ0) is 13.9. The molecule has 3 rings (SSSR count). The second-order valence-corrected chi connectivity index (χ2v) is 5.22. The maximum atomic E-state index is 4.48. The fraction of sp³-hybridized carbons (Fsp3) is 0.0625. The Hall–Kier alpha value is -2.25. The van der Waals surface area contributed by atoms with Gasteiger partial charge in [0.1, 0.15) is 11.4 Å². The molecule has 0 amide bonds. The molecular weight excluding hydrogens is 314 g/mol. The predicted octanol–water partition coefficient (Wildman–Crippen LogP) is 3.50. The molecule has 20 heavy (non-hydrogen) atoms. The van der Waals surface area contributed by atoms with Crippen LogP contribution in [0.15, 0.2) is 47.1 Å². The molecule has 0 radical (unpaired) electrons. The molecule has 4 heteroatoms. The molecule has 0 aliphatic heterocycles. The van der Waals surface area contributed by atoms with Crippen LogP contribution in [0.4, 0.5) is 0 Å². The molecule has 0 spiro atoms. The molecule has 3 heterocycles. The van der Waals surface area contributed by atoms with E-state index in [-0.39, 0.29) is 0 Å². The Morgan fingerprint density at radius 3 is 2.55 bits per heavy atom. The van der Waals surface area contributed by atoms with Gasteiger partial charge in [0.05, 0.1) is 11.0 Å². The van der Waals surface area contributed by atoms with Crippen LogP contribution in [0.3, 0.4) is 0 Å². The molecule has 0 unspecified atom stereocenters. The van der Waals surface area contributed by atoms with Crippen LogP contribution in [0, 0.1) is 18.8 Å². The number of aryl methyl sites for hydroxylation is 1. The van der Waals surface area contributed by atoms with Crippen molar-refractivity contribution in [3.63, 3.8) is 0 Å². The molecule has 0 saturated carbocycles. The SMILES string of the molecule is Cc1cccc(C#Cc2ccc3ncc(Br)cc3n2)n1. The van der Waals surface area contributed by atoms with E-state index in [1.165, 1.54) is 0 Å². The first-order valence-electron chi connectivity index (χ1n) is 6.09. The van der Waals surface area contributed by atoms with Gasteiger partial charge in [0.25, 0.3) is 0 Å². The van der Waals surface area contributed by atoms with E-state index in [4.69, 9.17) is 0 Å². The highest BCUT2D eigenvalue weighted by molar-refractivity contribution is 9.10. The first kappa shape index (κ1) is 12.8. The molecule has 0 fully saturated rings. The highest BCUT2D eigenvalue weighted by Gasteiger charge is 1.98. The lowest BCUT2D eigenvalue weighted by Crippen LogP contribution is -1.88. The number of hydrogen-bond acceptors (Lipinski definition) is 3. The van der Waals surface area contributed by atoms with E-state index in [0.29, 0.717) is 5.69 Å². The van der Waals surface area contributed by atoms with Gasteiger partial charge in [0.2, 0.25) is 0 Å². The third-order valence-electron chi connectivity index (χ3n) is 2.71. The molecule has 0 aliphatic carbocycles. The van der Waals surface area contributed by atoms with E-state index in [2.05, 4.69) is 42.7 Å². The minimum atomic E-state index is 0.709. The Labute approximate surface area is 125 Å². The van der Waals surface area contributed by atoms with Crippen LogP contribution in [0.25, 0.3) is 11.0 Å². The van der Waals surface area contributed by atoms with Crippen LogP contribution in [0.5, 0.6) is 0 Å². The van der Waals surface area contributed by atoms with E-state index in [1.54, 1.807) is 6.20 Å². The fourth-order valence-electron chi connectivity index (χ4n) is 1.79. The number of hydrogen-bond donors (Lipinski definition) is 0. The first-order valence-corrected chi connectivity index (χ1v) is 6.88. The highest BCUT2D eigenvalue weighted by atomic mass is 79.9. The van der Waals surface area contributed by atoms with Crippen molar-refractivity contribution >= 4 is 27.0 Å². The maximum absolute atomic E-state index is 4.48. The van der Waals surface area contributed by atoms with E-state index < -0.39 is 0 Å². The first-order chi connectivity index (χ1) is 9.70. The molecule has 0 aromatic carbocycles. The summed E-state index contributed by atoms with van der Waals surface area (Å²) >= 11 is 3.39. The zero-order valence-corrected chi connectivity index (χ0v) is 12.3. The summed E-state index contributed by atoms with van der Waals surface area (Å²) < 4.78 is 0.906. The molecule has 0 bridgehead atoms. The quantitative estimate of drug-likeness (QED) is 0.594. The largest absolute Gasteiger partial charge is 0.253 e. The standard InChI is InChI=1S/C16H10BrN3/c1-11-3-2-4-13(19-11)5-6-14-7-8-15-16(20-14)9-12(17)10-18-15/h2-4,7-10H,1H3. The van der Waals surface area contributed by atoms with Crippen LogP contribution < -0.4 is 0 Å². The van der Waals surface area contributed by atoms with Crippen LogP contribution in [0.2, 0.25) is 0 Å². The minimum absolute atomic E-state index is 0.709. The summed E-state index contributed by atoms with van der Waals surface area (Å²) in [5.41, 5.74) is 4.09. The maximum Gasteiger partial charge on any atom is 0.114 e. The predicted molar refractivity (Wildman–Crippen MR) is 82.2 cm³/mol. The Balaban J connectivity index is 1.99. The Morgan fingerprint density at radius 2 is 1.75 bits per heavy atom. The summed E-state index contributed by atoms with van der Waals surface area (Å²) in [5, 5.41) is 0. The van der Waals surface area contributed by atoms with Gasteiger partial charge in [-0.15, -0.1) is 0 Å². The van der Waals surface area contributed by atoms with Crippen molar-refractivity contribution in [1.82, 2.24) is 15.0 Å². The number of aromatic nitrogens is 3. The Kier molecular flexibility index (Phi) is 3.44. The van der Waals surface area contributed by atoms with Gasteiger partial charge in [-0.2, -0.15) is 0 Å². The molecular formula is C16H10BrN3. The smallest absolute Gasteiger partial charge is 0.114 e. The molecule has 3 nitrogen and oxygen atoms in total. The van der Waals surface area contributed by atoms with Crippen LogP contribution in [0.1, 0.15) is 17.1 Å². The van der Waals surface area contributed by atoms with Crippen molar-refractivity contribution < 1.29 is 0 Å². The number of fused-ring (bicyclic) bond motifs is 1. The molecule has 3 aromatic heterocycles. The van der Waals surface area contributed by atoms with Crippen molar-refractivity contribution in [2.45, 2.75) is 6.92 Å². The average Bonchev–Trinajstić information content (AvgIpc) is 2.45. The van der Waals surface area contributed by atoms with Gasteiger partial charge in [-0.25, -0.2) is 9.97 Å². The van der Waals surface area contributed by atoms with Crippen molar-refractivity contribution in [3.05, 3.63) is 64.1 Å². The molecule has 0 aliphatic rings. The summed E-state index contributed by atoms with van der Waals surface area (Å²) in [6.07, 6.45) is 1.76. The third-order valence-corrected chi connectivity index (χ3v) is 3.14. The lowest BCUT2D eigenvalue weighted by molar-refractivity contribution is 1.18. The Bertz CT molecular complexity index is 847. The van der Waals surface area contributed by atoms with Crippen LogP contribution in [-0.2, 0) is 0 Å². The van der Waals surface area contributed by atoms with Gasteiger partial charge < -0.3 is 0 Å². The second kappa shape index (κ2) is 5.40. The van der Waals surface area contributed by atoms with Gasteiger partial charge in [-0.1, -0.05) is 6.07 Å². The molecule has 0 saturated heterocycles. The second-order valence-electron chi connectivity index (χ2n) is 4.30. The van der Waals surface area contributed by atoms with Gasteiger partial charge in [-0.3, -0.25) is 4.98 Å². The summed E-state index contributed by atoms with van der Waals surface area (Å²) in [6, 6.07) is 11.5. The zero-order valence-electron chi connectivity index (χ0n) is 10.8. The van der Waals surface area contributed by atoms with Crippen LogP contribution in [-0.4, -0.2) is 15.0 Å². The van der Waals surface area contributed by atoms with Crippen molar-refractivity contribution in [3.8, 4) is 11.8 Å². The number of halogens is 1. The lowest BCUT2D eigenvalue weighted by atomic mass is 10.2. The topological polar surface area (TPSA) is 38.7 Å². The minimum Gasteiger partial charge on any atom is -0.253 e. The van der Waals surface area contributed by atoms with Gasteiger partial charge in [0.15, 0.2) is 0 Å². The molecule has 0 atom stereocenters. The average molecular weight is 324 g/mol. The van der Waals surface area contributed by atoms with E-state index >= 15 is 0 Å².